The summed E-state index contributed by atoms with van der Waals surface area (Å²) in [5.41, 5.74) is 14.3. The molecule has 0 aliphatic heterocycles. The number of pyridine rings is 1. The molecule has 1 aromatic carbocycles. The molecule has 1 saturated carbocycles. The van der Waals surface area contributed by atoms with Crippen molar-refractivity contribution in [1.29, 1.82) is 0 Å². The number of allylic oxidation sites excluding steroid dienone is 1. The van der Waals surface area contributed by atoms with Gasteiger partial charge in [-0.3, -0.25) is 4.79 Å². The van der Waals surface area contributed by atoms with E-state index >= 15 is 0 Å². The number of rotatable bonds is 6. The number of alkyl halides is 2. The van der Waals surface area contributed by atoms with Crippen molar-refractivity contribution in [2.24, 2.45) is 0 Å². The molecule has 0 bridgehead atoms. The summed E-state index contributed by atoms with van der Waals surface area (Å²) in [4.78, 5) is 16.9. The quantitative estimate of drug-likeness (QED) is 0.492. The predicted molar refractivity (Wildman–Crippen MR) is 123 cm³/mol. The number of amides is 1. The number of nitrogens with two attached hydrogens (primary N) is 2. The van der Waals surface area contributed by atoms with Crippen molar-refractivity contribution in [1.82, 2.24) is 20.1 Å². The summed E-state index contributed by atoms with van der Waals surface area (Å²) in [6.45, 7) is 3.89. The average molecular weight is 470 g/mol. The summed E-state index contributed by atoms with van der Waals surface area (Å²) in [5, 5.41) is 6.84. The molecule has 2 heterocycles. The zero-order valence-electron chi connectivity index (χ0n) is 18.4. The molecular formula is C24H25F3N6O. The lowest BCUT2D eigenvalue weighted by molar-refractivity contribution is -0.0448. The van der Waals surface area contributed by atoms with Crippen molar-refractivity contribution in [3.63, 3.8) is 0 Å². The Labute approximate surface area is 194 Å². The minimum absolute atomic E-state index is 0.111. The molecule has 3 aromatic rings. The van der Waals surface area contributed by atoms with E-state index in [1.165, 1.54) is 23.0 Å². The third kappa shape index (κ3) is 5.05. The van der Waals surface area contributed by atoms with Gasteiger partial charge in [-0.2, -0.15) is 5.10 Å². The Hall–Kier alpha value is -3.82. The van der Waals surface area contributed by atoms with Gasteiger partial charge in [0.15, 0.2) is 0 Å². The van der Waals surface area contributed by atoms with E-state index in [0.717, 1.165) is 11.1 Å². The topological polar surface area (TPSA) is 112 Å². The molecule has 0 spiro atoms. The van der Waals surface area contributed by atoms with Gasteiger partial charge in [0, 0.05) is 36.7 Å². The highest BCUT2D eigenvalue weighted by Gasteiger charge is 2.36. The van der Waals surface area contributed by atoms with E-state index in [2.05, 4.69) is 22.0 Å². The van der Waals surface area contributed by atoms with Crippen LogP contribution in [0, 0.1) is 5.82 Å². The minimum atomic E-state index is -2.67. The lowest BCUT2D eigenvalue weighted by Crippen LogP contribution is -2.28. The van der Waals surface area contributed by atoms with Crippen LogP contribution in [0.2, 0.25) is 0 Å². The summed E-state index contributed by atoms with van der Waals surface area (Å²) in [7, 11) is 0. The van der Waals surface area contributed by atoms with Crippen molar-refractivity contribution in [3.8, 4) is 11.1 Å². The third-order valence-corrected chi connectivity index (χ3v) is 5.97. The van der Waals surface area contributed by atoms with Crippen molar-refractivity contribution < 1.29 is 18.0 Å². The Morgan fingerprint density at radius 1 is 1.18 bits per heavy atom. The zero-order chi connectivity index (χ0) is 24.5. The highest BCUT2D eigenvalue weighted by molar-refractivity contribution is 5.99. The van der Waals surface area contributed by atoms with Crippen LogP contribution in [-0.2, 0) is 6.42 Å². The van der Waals surface area contributed by atoms with Crippen molar-refractivity contribution in [2.45, 2.75) is 44.1 Å². The molecular weight excluding hydrogens is 445 g/mol. The number of hydrogen-bond acceptors (Lipinski definition) is 5. The van der Waals surface area contributed by atoms with Crippen LogP contribution in [0.15, 0.2) is 55.0 Å². The molecule has 1 amide bonds. The first-order valence-electron chi connectivity index (χ1n) is 10.8. The number of carbonyl (C=O) groups is 1. The molecule has 0 unspecified atom stereocenters. The van der Waals surface area contributed by atoms with Crippen LogP contribution in [0.1, 0.15) is 47.6 Å². The van der Waals surface area contributed by atoms with Gasteiger partial charge in [0.1, 0.15) is 23.0 Å². The average Bonchev–Trinajstić information content (AvgIpc) is 3.16. The zero-order valence-corrected chi connectivity index (χ0v) is 18.4. The van der Waals surface area contributed by atoms with E-state index in [0.29, 0.717) is 17.1 Å². The SMILES string of the molecule is C=C(Cc1cc(F)ccc1-c1ccc(N)nc1)NC(=O)c1cnn(C2CCC(F)(F)CC2)c1N. The first kappa shape index (κ1) is 23.3. The molecule has 0 saturated heterocycles. The lowest BCUT2D eigenvalue weighted by atomic mass is 9.92. The Kier molecular flexibility index (Phi) is 6.32. The number of nitrogen functional groups attached to an aromatic ring is 2. The molecule has 178 valence electrons. The van der Waals surface area contributed by atoms with Gasteiger partial charge in [0.2, 0.25) is 5.92 Å². The van der Waals surface area contributed by atoms with Crippen LogP contribution in [0.4, 0.5) is 24.8 Å². The van der Waals surface area contributed by atoms with Gasteiger partial charge in [-0.25, -0.2) is 22.8 Å². The maximum atomic E-state index is 14.0. The molecule has 4 rings (SSSR count). The Bertz CT molecular complexity index is 1210. The molecule has 7 nitrogen and oxygen atoms in total. The third-order valence-electron chi connectivity index (χ3n) is 5.97. The van der Waals surface area contributed by atoms with Gasteiger partial charge in [-0.15, -0.1) is 0 Å². The Morgan fingerprint density at radius 3 is 2.59 bits per heavy atom. The van der Waals surface area contributed by atoms with Gasteiger partial charge >= 0.3 is 0 Å². The van der Waals surface area contributed by atoms with Gasteiger partial charge in [0.05, 0.1) is 12.2 Å². The first-order valence-corrected chi connectivity index (χ1v) is 10.8. The van der Waals surface area contributed by atoms with Crippen LogP contribution in [0.25, 0.3) is 11.1 Å². The lowest BCUT2D eigenvalue weighted by Gasteiger charge is -2.28. The van der Waals surface area contributed by atoms with Gasteiger partial charge in [-0.1, -0.05) is 12.6 Å². The highest BCUT2D eigenvalue weighted by Crippen LogP contribution is 2.39. The van der Waals surface area contributed by atoms with Crippen LogP contribution >= 0.6 is 0 Å². The fourth-order valence-electron chi connectivity index (χ4n) is 4.16. The number of aromatic nitrogens is 3. The summed E-state index contributed by atoms with van der Waals surface area (Å²) < 4.78 is 42.3. The predicted octanol–water partition coefficient (Wildman–Crippen LogP) is 4.49. The van der Waals surface area contributed by atoms with Crippen LogP contribution < -0.4 is 16.8 Å². The second kappa shape index (κ2) is 9.20. The second-order valence-electron chi connectivity index (χ2n) is 8.48. The maximum absolute atomic E-state index is 14.0. The summed E-state index contributed by atoms with van der Waals surface area (Å²) >= 11 is 0. The Balaban J connectivity index is 1.46. The van der Waals surface area contributed by atoms with E-state index < -0.39 is 17.6 Å². The standard InChI is InChI=1S/C24H25F3N6O/c1-14(10-16-11-17(25)3-4-19(16)15-2-5-21(28)30-12-15)32-23(34)20-13-31-33(22(20)29)18-6-8-24(26,27)9-7-18/h2-5,11-13,18H,1,6-10,29H2,(H2,28,30)(H,32,34). The van der Waals surface area contributed by atoms with E-state index in [4.69, 9.17) is 11.5 Å². The summed E-state index contributed by atoms with van der Waals surface area (Å²) in [6.07, 6.45) is 3.05. The number of benzene rings is 1. The van der Waals surface area contributed by atoms with Crippen molar-refractivity contribution in [2.75, 3.05) is 11.5 Å². The summed E-state index contributed by atoms with van der Waals surface area (Å²) in [6, 6.07) is 7.47. The number of nitrogens with zero attached hydrogens (tertiary/aromatic N) is 3. The maximum Gasteiger partial charge on any atom is 0.260 e. The fourth-order valence-corrected chi connectivity index (χ4v) is 4.16. The molecule has 10 heteroatoms. The Morgan fingerprint density at radius 2 is 1.91 bits per heavy atom. The molecule has 1 aliphatic rings. The number of carbonyl (C=O) groups excluding carboxylic acids is 1. The van der Waals surface area contributed by atoms with E-state index in [1.807, 2.05) is 0 Å². The largest absolute Gasteiger partial charge is 0.384 e. The smallest absolute Gasteiger partial charge is 0.260 e. The monoisotopic (exact) mass is 470 g/mol. The number of hydrogen-bond donors (Lipinski definition) is 3. The van der Waals surface area contributed by atoms with E-state index in [-0.39, 0.29) is 49.5 Å². The van der Waals surface area contributed by atoms with Crippen molar-refractivity contribution >= 4 is 17.5 Å². The van der Waals surface area contributed by atoms with E-state index in [1.54, 1.807) is 24.4 Å². The normalized spacial score (nSPS) is 15.7. The number of halogens is 3. The molecule has 1 aliphatic carbocycles. The molecule has 0 radical (unpaired) electrons. The molecule has 34 heavy (non-hydrogen) atoms. The fraction of sp³-hybridized carbons (Fsp3) is 0.292. The van der Waals surface area contributed by atoms with E-state index in [9.17, 15) is 18.0 Å². The van der Waals surface area contributed by atoms with Crippen LogP contribution in [0.5, 0.6) is 0 Å². The van der Waals surface area contributed by atoms with Crippen LogP contribution in [-0.4, -0.2) is 26.6 Å². The summed E-state index contributed by atoms with van der Waals surface area (Å²) in [5.74, 6) is -3.15. The van der Waals surface area contributed by atoms with Gasteiger partial charge < -0.3 is 16.8 Å². The molecule has 0 atom stereocenters. The molecule has 2 aromatic heterocycles. The molecule has 5 N–H and O–H groups in total. The van der Waals surface area contributed by atoms with Gasteiger partial charge in [-0.05, 0) is 48.2 Å². The van der Waals surface area contributed by atoms with Crippen molar-refractivity contribution in [3.05, 3.63) is 71.9 Å². The number of anilines is 2. The number of nitrogens with one attached hydrogen (secondary N) is 1. The molecule has 1 fully saturated rings. The first-order chi connectivity index (χ1) is 16.1. The second-order valence-corrected chi connectivity index (χ2v) is 8.48. The van der Waals surface area contributed by atoms with Crippen LogP contribution in [0.3, 0.4) is 0 Å². The van der Waals surface area contributed by atoms with Gasteiger partial charge in [0.25, 0.3) is 5.91 Å². The minimum Gasteiger partial charge on any atom is -0.384 e. The highest BCUT2D eigenvalue weighted by atomic mass is 19.3.